The molecule has 0 radical (unpaired) electrons. The number of amides is 2. The Balaban J connectivity index is 1.22. The van der Waals surface area contributed by atoms with Gasteiger partial charge in [-0.15, -0.1) is 22.7 Å². The zero-order valence-electron chi connectivity index (χ0n) is 24.5. The zero-order valence-corrected chi connectivity index (χ0v) is 26.1. The van der Waals surface area contributed by atoms with E-state index in [9.17, 15) is 24.9 Å². The number of hydrazone groups is 2. The summed E-state index contributed by atoms with van der Waals surface area (Å²) in [6.45, 7) is 3.49. The van der Waals surface area contributed by atoms with Crippen LogP contribution in [-0.2, 0) is 9.59 Å². The molecule has 13 heteroatoms. The molecule has 7 rings (SSSR count). The number of anilines is 2. The molecular weight excluding hydrogens is 625 g/mol. The number of carbonyl (C=O) groups excluding carboxylic acids is 2. The number of benzene rings is 3. The number of nitrogens with zero attached hydrogens (tertiary/aromatic N) is 6. The highest BCUT2D eigenvalue weighted by Gasteiger charge is 2.51. The summed E-state index contributed by atoms with van der Waals surface area (Å²) in [5.74, 6) is -2.90. The summed E-state index contributed by atoms with van der Waals surface area (Å²) in [5, 5.41) is 46.5. The number of thiazole rings is 2. The maximum Gasteiger partial charge on any atom is 0.259 e. The van der Waals surface area contributed by atoms with Crippen LogP contribution in [0, 0.1) is 11.8 Å². The summed E-state index contributed by atoms with van der Waals surface area (Å²) in [7, 11) is 0. The highest BCUT2D eigenvalue weighted by atomic mass is 32.1. The van der Waals surface area contributed by atoms with Crippen molar-refractivity contribution in [1.29, 1.82) is 0 Å². The minimum Gasteiger partial charge on any atom is -0.508 e. The maximum atomic E-state index is 14.2. The summed E-state index contributed by atoms with van der Waals surface area (Å²) < 4.78 is 0. The molecule has 2 atom stereocenters. The Morgan fingerprint density at radius 2 is 1.09 bits per heavy atom. The zero-order chi connectivity index (χ0) is 32.1. The van der Waals surface area contributed by atoms with Crippen LogP contribution in [0.15, 0.2) is 93.8 Å². The van der Waals surface area contributed by atoms with Crippen molar-refractivity contribution in [2.45, 2.75) is 19.8 Å². The second-order valence-corrected chi connectivity index (χ2v) is 12.6. The summed E-state index contributed by atoms with van der Waals surface area (Å²) in [6.07, 6.45) is 0. The van der Waals surface area contributed by atoms with E-state index in [1.807, 2.05) is 0 Å². The van der Waals surface area contributed by atoms with Crippen molar-refractivity contribution in [3.05, 3.63) is 89.1 Å². The van der Waals surface area contributed by atoms with Gasteiger partial charge in [-0.25, -0.2) is 9.97 Å². The lowest BCUT2D eigenvalue weighted by atomic mass is 9.73. The number of phenols is 3. The van der Waals surface area contributed by atoms with Crippen LogP contribution in [0.3, 0.4) is 0 Å². The Bertz CT molecular complexity index is 1930. The monoisotopic (exact) mass is 650 g/mol. The number of aromatic nitrogens is 2. The van der Waals surface area contributed by atoms with E-state index < -0.39 is 17.8 Å². The van der Waals surface area contributed by atoms with Gasteiger partial charge in [-0.3, -0.25) is 9.59 Å². The number of para-hydroxylation sites is 2. The SMILES string of the molecule is CC1=NN(c2nc(-c3ccccc3O)cs2)C(=O)[C@@H]1C(c1ccc(O)cc1)[C@H]1C(=O)N(c2nc(-c3ccccc3O)cs2)N=C1C. The van der Waals surface area contributed by atoms with E-state index in [2.05, 4.69) is 20.2 Å². The fraction of sp³-hybridized carbons (Fsp3) is 0.152. The van der Waals surface area contributed by atoms with E-state index in [1.54, 1.807) is 85.3 Å². The van der Waals surface area contributed by atoms with Gasteiger partial charge in [0.25, 0.3) is 11.8 Å². The molecular formula is C33H26N6O5S2. The van der Waals surface area contributed by atoms with Crippen LogP contribution in [0.4, 0.5) is 10.3 Å². The third-order valence-corrected chi connectivity index (χ3v) is 9.70. The van der Waals surface area contributed by atoms with Gasteiger partial charge in [-0.2, -0.15) is 20.2 Å². The average molecular weight is 651 g/mol. The quantitative estimate of drug-likeness (QED) is 0.189. The molecule has 5 aromatic rings. The standard InChI is InChI=1S/C33H26N6O5S2/c1-17-27(30(43)38(36-17)32-34-23(15-45-32)21-7-3-5-9-25(21)41)29(19-11-13-20(40)14-12-19)28-18(2)37-39(31(28)44)33-35-24(16-46-33)22-8-4-6-10-26(22)42/h3-16,27-29,40-42H,1-2H3/t27-,28-/m0/s1. The third-order valence-electron chi connectivity index (χ3n) is 8.07. The fourth-order valence-corrected chi connectivity index (χ4v) is 7.44. The van der Waals surface area contributed by atoms with Gasteiger partial charge in [0, 0.05) is 39.2 Å². The van der Waals surface area contributed by atoms with Crippen LogP contribution >= 0.6 is 22.7 Å². The smallest absolute Gasteiger partial charge is 0.259 e. The summed E-state index contributed by atoms with van der Waals surface area (Å²) in [6, 6.07) is 20.1. The highest BCUT2D eigenvalue weighted by Crippen LogP contribution is 2.44. The Labute approximate surface area is 271 Å². The van der Waals surface area contributed by atoms with Crippen LogP contribution in [0.1, 0.15) is 25.3 Å². The Morgan fingerprint density at radius 1 is 0.652 bits per heavy atom. The van der Waals surface area contributed by atoms with Gasteiger partial charge < -0.3 is 15.3 Å². The molecule has 0 spiro atoms. The maximum absolute atomic E-state index is 14.2. The molecule has 4 heterocycles. The second kappa shape index (κ2) is 11.5. The van der Waals surface area contributed by atoms with Crippen molar-refractivity contribution >= 4 is 56.2 Å². The molecule has 46 heavy (non-hydrogen) atoms. The van der Waals surface area contributed by atoms with Gasteiger partial charge in [-0.1, -0.05) is 36.4 Å². The molecule has 0 saturated heterocycles. The first-order valence-electron chi connectivity index (χ1n) is 14.3. The number of phenolic OH excluding ortho intramolecular Hbond substituents is 3. The lowest BCUT2D eigenvalue weighted by molar-refractivity contribution is -0.122. The number of rotatable bonds is 7. The van der Waals surface area contributed by atoms with E-state index in [-0.39, 0.29) is 29.1 Å². The van der Waals surface area contributed by atoms with Crippen molar-refractivity contribution in [2.75, 3.05) is 10.0 Å². The summed E-state index contributed by atoms with van der Waals surface area (Å²) >= 11 is 2.44. The summed E-state index contributed by atoms with van der Waals surface area (Å²) in [4.78, 5) is 37.6. The van der Waals surface area contributed by atoms with E-state index in [0.29, 0.717) is 49.8 Å². The van der Waals surface area contributed by atoms with E-state index >= 15 is 0 Å². The van der Waals surface area contributed by atoms with Crippen molar-refractivity contribution in [3.63, 3.8) is 0 Å². The first-order chi connectivity index (χ1) is 22.2. The molecule has 2 aliphatic heterocycles. The number of aromatic hydroxyl groups is 3. The molecule has 11 nitrogen and oxygen atoms in total. The molecule has 0 saturated carbocycles. The average Bonchev–Trinajstić information content (AvgIpc) is 3.83. The van der Waals surface area contributed by atoms with Crippen LogP contribution < -0.4 is 10.0 Å². The second-order valence-electron chi connectivity index (χ2n) is 10.9. The van der Waals surface area contributed by atoms with Crippen LogP contribution in [0.25, 0.3) is 22.5 Å². The van der Waals surface area contributed by atoms with E-state index in [4.69, 9.17) is 0 Å². The molecule has 3 N–H and O–H groups in total. The molecule has 3 aromatic carbocycles. The van der Waals surface area contributed by atoms with Crippen molar-refractivity contribution in [3.8, 4) is 39.8 Å². The van der Waals surface area contributed by atoms with E-state index in [1.165, 1.54) is 44.8 Å². The molecule has 0 fully saturated rings. The lowest BCUT2D eigenvalue weighted by Crippen LogP contribution is -2.40. The minimum absolute atomic E-state index is 0.0518. The lowest BCUT2D eigenvalue weighted by Gasteiger charge is -2.28. The normalized spacial score (nSPS) is 18.1. The molecule has 0 aliphatic carbocycles. The van der Waals surface area contributed by atoms with E-state index in [0.717, 1.165) is 0 Å². The Morgan fingerprint density at radius 3 is 1.52 bits per heavy atom. The first kappa shape index (κ1) is 29.3. The summed E-state index contributed by atoms with van der Waals surface area (Å²) in [5.41, 5.74) is 3.74. The largest absolute Gasteiger partial charge is 0.508 e. The molecule has 2 aliphatic rings. The molecule has 2 amide bonds. The van der Waals surface area contributed by atoms with Gasteiger partial charge in [0.05, 0.1) is 23.2 Å². The molecule has 0 bridgehead atoms. The minimum atomic E-state index is -0.839. The van der Waals surface area contributed by atoms with Gasteiger partial charge >= 0.3 is 0 Å². The predicted octanol–water partition coefficient (Wildman–Crippen LogP) is 6.21. The topological polar surface area (TPSA) is 152 Å². The predicted molar refractivity (Wildman–Crippen MR) is 177 cm³/mol. The Hall–Kier alpha value is -5.40. The third kappa shape index (κ3) is 4.99. The first-order valence-corrected chi connectivity index (χ1v) is 16.0. The number of hydrogen-bond acceptors (Lipinski definition) is 11. The highest BCUT2D eigenvalue weighted by molar-refractivity contribution is 7.14. The van der Waals surface area contributed by atoms with Crippen LogP contribution in [-0.4, -0.2) is 48.5 Å². The molecule has 2 aromatic heterocycles. The van der Waals surface area contributed by atoms with Gasteiger partial charge in [0.2, 0.25) is 10.3 Å². The Kier molecular flexibility index (Phi) is 7.34. The van der Waals surface area contributed by atoms with Crippen molar-refractivity contribution in [2.24, 2.45) is 22.0 Å². The number of hydrogen-bond donors (Lipinski definition) is 3. The van der Waals surface area contributed by atoms with Gasteiger partial charge in [-0.05, 0) is 55.8 Å². The van der Waals surface area contributed by atoms with Gasteiger partial charge in [0.15, 0.2) is 0 Å². The van der Waals surface area contributed by atoms with Crippen LogP contribution in [0.2, 0.25) is 0 Å². The molecule has 0 unspecified atom stereocenters. The van der Waals surface area contributed by atoms with Gasteiger partial charge in [0.1, 0.15) is 17.2 Å². The van der Waals surface area contributed by atoms with Crippen molar-refractivity contribution < 1.29 is 24.9 Å². The molecule has 230 valence electrons. The number of carbonyl (C=O) groups is 2. The van der Waals surface area contributed by atoms with Crippen LogP contribution in [0.5, 0.6) is 17.2 Å². The van der Waals surface area contributed by atoms with Crippen molar-refractivity contribution in [1.82, 2.24) is 9.97 Å². The fourth-order valence-electron chi connectivity index (χ4n) is 5.89.